The lowest BCUT2D eigenvalue weighted by molar-refractivity contribution is -0.252. The van der Waals surface area contributed by atoms with E-state index in [0.717, 1.165) is 6.92 Å². The van der Waals surface area contributed by atoms with Crippen LogP contribution in [0.15, 0.2) is 23.8 Å². The molecule has 2 saturated heterocycles. The predicted octanol–water partition coefficient (Wildman–Crippen LogP) is 0.860. The Morgan fingerprint density at radius 1 is 0.909 bits per heavy atom. The molecule has 1 spiro atoms. The molecule has 2 aliphatic heterocycles. The maximum absolute atomic E-state index is 13.1. The van der Waals surface area contributed by atoms with Gasteiger partial charge in [-0.2, -0.15) is 0 Å². The second-order valence-corrected chi connectivity index (χ2v) is 11.9. The molecule has 0 bridgehead atoms. The third-order valence-corrected chi connectivity index (χ3v) is 8.95. The van der Waals surface area contributed by atoms with Crippen molar-refractivity contribution >= 4 is 35.8 Å². The zero-order valence-electron chi connectivity index (χ0n) is 25.6. The van der Waals surface area contributed by atoms with Gasteiger partial charge in [0.1, 0.15) is 36.6 Å². The Morgan fingerprint density at radius 3 is 2.00 bits per heavy atom. The third-order valence-electron chi connectivity index (χ3n) is 8.95. The summed E-state index contributed by atoms with van der Waals surface area (Å²) in [5.41, 5.74) is -5.03. The van der Waals surface area contributed by atoms with Gasteiger partial charge in [0.05, 0.1) is 17.9 Å². The molecule has 0 aromatic carbocycles. The Morgan fingerprint density at radius 2 is 1.48 bits per heavy atom. The summed E-state index contributed by atoms with van der Waals surface area (Å²) in [5.74, 6) is -6.89. The van der Waals surface area contributed by atoms with Gasteiger partial charge in [0.15, 0.2) is 11.7 Å². The van der Waals surface area contributed by atoms with Crippen molar-refractivity contribution in [3.05, 3.63) is 23.8 Å². The molecule has 4 aliphatic rings. The van der Waals surface area contributed by atoms with Crippen LogP contribution in [0.3, 0.4) is 0 Å². The quantitative estimate of drug-likeness (QED) is 0.249. The summed E-state index contributed by atoms with van der Waals surface area (Å²) < 4.78 is 40.0. The van der Waals surface area contributed by atoms with Gasteiger partial charge in [-0.1, -0.05) is 13.0 Å². The minimum Gasteiger partial charge on any atom is -0.462 e. The summed E-state index contributed by atoms with van der Waals surface area (Å²) in [7, 11) is 0. The average molecular weight is 623 g/mol. The van der Waals surface area contributed by atoms with Crippen LogP contribution in [0.1, 0.15) is 54.9 Å². The molecule has 0 aromatic heterocycles. The van der Waals surface area contributed by atoms with Gasteiger partial charge in [0.25, 0.3) is 0 Å². The summed E-state index contributed by atoms with van der Waals surface area (Å²) in [5, 5.41) is 12.6. The highest BCUT2D eigenvalue weighted by molar-refractivity contribution is 5.78. The van der Waals surface area contributed by atoms with E-state index in [1.165, 1.54) is 52.8 Å². The minimum absolute atomic E-state index is 0.0380. The van der Waals surface area contributed by atoms with Crippen molar-refractivity contribution in [1.29, 1.82) is 0 Å². The second-order valence-electron chi connectivity index (χ2n) is 11.9. The van der Waals surface area contributed by atoms with Gasteiger partial charge in [0.2, 0.25) is 0 Å². The largest absolute Gasteiger partial charge is 0.462 e. The number of hydrogen-bond acceptors (Lipinski definition) is 14. The van der Waals surface area contributed by atoms with E-state index in [2.05, 4.69) is 0 Å². The zero-order valence-corrected chi connectivity index (χ0v) is 25.6. The van der Waals surface area contributed by atoms with Crippen molar-refractivity contribution in [3.8, 4) is 0 Å². The fourth-order valence-electron chi connectivity index (χ4n) is 6.93. The molecular formula is C30H38O14. The van der Waals surface area contributed by atoms with Gasteiger partial charge >= 0.3 is 35.8 Å². The molecule has 0 unspecified atom stereocenters. The summed E-state index contributed by atoms with van der Waals surface area (Å²) in [4.78, 5) is 74.9. The van der Waals surface area contributed by atoms with E-state index >= 15 is 0 Å². The van der Waals surface area contributed by atoms with Crippen LogP contribution in [0.4, 0.5) is 0 Å². The van der Waals surface area contributed by atoms with Crippen LogP contribution in [0, 0.1) is 17.3 Å². The first kappa shape index (κ1) is 33.1. The monoisotopic (exact) mass is 622 g/mol. The summed E-state index contributed by atoms with van der Waals surface area (Å²) in [6.45, 7) is 8.51. The normalized spacial score (nSPS) is 41.0. The van der Waals surface area contributed by atoms with Crippen molar-refractivity contribution in [2.24, 2.45) is 17.3 Å². The number of fused-ring (bicyclic) bond motifs is 3. The van der Waals surface area contributed by atoms with Crippen molar-refractivity contribution in [2.75, 3.05) is 13.2 Å². The van der Waals surface area contributed by atoms with Crippen LogP contribution >= 0.6 is 0 Å². The van der Waals surface area contributed by atoms with Gasteiger partial charge in [-0.3, -0.25) is 28.8 Å². The van der Waals surface area contributed by atoms with Crippen LogP contribution in [-0.4, -0.2) is 95.9 Å². The maximum Gasteiger partial charge on any atom is 0.312 e. The van der Waals surface area contributed by atoms with E-state index in [4.69, 9.17) is 33.2 Å². The average Bonchev–Trinajstić information content (AvgIpc) is 3.65. The Labute approximate surface area is 253 Å². The van der Waals surface area contributed by atoms with Crippen molar-refractivity contribution < 1.29 is 67.0 Å². The van der Waals surface area contributed by atoms with Gasteiger partial charge in [0, 0.05) is 47.0 Å². The SMILES string of the molecule is CC(=O)OCC1=C/[C@@H]2OC(=O)[C@H](C)[C@@]2(O)[C@@H](OC(C)=O)[C@H]2[C@@]3(CO3)[C@H](OC(C)=O)C[C@H](OC(C)=O)[C@]2(C)[C@@H](OC(C)=O)/C=C\1. The molecule has 4 rings (SSSR count). The molecule has 242 valence electrons. The van der Waals surface area contributed by atoms with E-state index in [1.807, 2.05) is 0 Å². The van der Waals surface area contributed by atoms with Crippen molar-refractivity contribution in [3.63, 3.8) is 0 Å². The molecule has 2 aliphatic carbocycles. The fourth-order valence-corrected chi connectivity index (χ4v) is 6.93. The number of esters is 6. The first-order valence-corrected chi connectivity index (χ1v) is 14.2. The molecule has 0 amide bonds. The Hall–Kier alpha value is -3.78. The molecule has 0 radical (unpaired) electrons. The maximum atomic E-state index is 13.1. The number of hydrogen-bond donors (Lipinski definition) is 1. The van der Waals surface area contributed by atoms with Crippen LogP contribution in [0.2, 0.25) is 0 Å². The molecular weight excluding hydrogens is 584 g/mol. The fraction of sp³-hybridized carbons (Fsp3) is 0.667. The Bertz CT molecular complexity index is 1300. The van der Waals surface area contributed by atoms with Crippen LogP contribution in [-0.2, 0) is 61.9 Å². The molecule has 14 heteroatoms. The van der Waals surface area contributed by atoms with E-state index in [1.54, 1.807) is 6.92 Å². The molecule has 3 fully saturated rings. The lowest BCUT2D eigenvalue weighted by Gasteiger charge is -2.57. The standard InChI is InChI=1S/C30H38O14/c1-14-27(36)44-24-10-20(12-38-15(2)31)8-9-21(40-16(3)32)28(7)22(41-17(4)33)11-23(42-18(5)34)29(13-39-29)25(28)26(30(14,24)37)43-19(6)35/h8-10,14,21-26,37H,11-13H2,1-7H3/b9-8-,20-10+/t14-,21-,22-,23+,24-,25+,26-,28-,29+,30-/m0/s1. The lowest BCUT2D eigenvalue weighted by Crippen LogP contribution is -2.71. The van der Waals surface area contributed by atoms with Crippen LogP contribution < -0.4 is 0 Å². The van der Waals surface area contributed by atoms with Gasteiger partial charge < -0.3 is 38.3 Å². The number of ether oxygens (including phenoxy) is 7. The number of carbonyl (C=O) groups is 6. The van der Waals surface area contributed by atoms with Crippen LogP contribution in [0.25, 0.3) is 0 Å². The lowest BCUT2D eigenvalue weighted by atomic mass is 9.52. The summed E-state index contributed by atoms with van der Waals surface area (Å²) >= 11 is 0. The van der Waals surface area contributed by atoms with E-state index in [0.29, 0.717) is 0 Å². The first-order chi connectivity index (χ1) is 20.5. The highest BCUT2D eigenvalue weighted by Crippen LogP contribution is 2.62. The predicted molar refractivity (Wildman–Crippen MR) is 145 cm³/mol. The number of rotatable bonds is 6. The molecule has 1 N–H and O–H groups in total. The molecule has 14 nitrogen and oxygen atoms in total. The number of carbonyl (C=O) groups excluding carboxylic acids is 6. The molecule has 10 atom stereocenters. The summed E-state index contributed by atoms with van der Waals surface area (Å²) in [6.07, 6.45) is -2.34. The van der Waals surface area contributed by atoms with E-state index in [9.17, 15) is 33.9 Å². The van der Waals surface area contributed by atoms with Crippen molar-refractivity contribution in [1.82, 2.24) is 0 Å². The molecule has 0 aromatic rings. The summed E-state index contributed by atoms with van der Waals surface area (Å²) in [6, 6.07) is 0. The van der Waals surface area contributed by atoms with E-state index in [-0.39, 0.29) is 25.2 Å². The molecule has 2 heterocycles. The van der Waals surface area contributed by atoms with Gasteiger partial charge in [-0.25, -0.2) is 0 Å². The number of epoxide rings is 1. The smallest absolute Gasteiger partial charge is 0.312 e. The Balaban J connectivity index is 2.08. The number of aliphatic hydroxyl groups is 1. The van der Waals surface area contributed by atoms with Gasteiger partial charge in [-0.05, 0) is 24.6 Å². The minimum atomic E-state index is -2.29. The highest BCUT2D eigenvalue weighted by atomic mass is 16.6. The van der Waals surface area contributed by atoms with Crippen LogP contribution in [0.5, 0.6) is 0 Å². The first-order valence-electron chi connectivity index (χ1n) is 14.2. The molecule has 1 saturated carbocycles. The Kier molecular flexibility index (Phi) is 9.00. The zero-order chi connectivity index (χ0) is 32.8. The highest BCUT2D eigenvalue weighted by Gasteiger charge is 2.78. The van der Waals surface area contributed by atoms with Gasteiger partial charge in [-0.15, -0.1) is 0 Å². The molecule has 44 heavy (non-hydrogen) atoms. The van der Waals surface area contributed by atoms with E-state index < -0.39 is 94.8 Å². The second kappa shape index (κ2) is 12.0. The third kappa shape index (κ3) is 5.84. The topological polar surface area (TPSA) is 191 Å². The van der Waals surface area contributed by atoms with Crippen molar-refractivity contribution in [2.45, 2.75) is 96.6 Å².